The monoisotopic (exact) mass is 150 g/mol. The zero-order valence-corrected chi connectivity index (χ0v) is 6.94. The van der Waals surface area contributed by atoms with Gasteiger partial charge in [-0.25, -0.2) is 0 Å². The Morgan fingerprint density at radius 3 is 2.25 bits per heavy atom. The maximum atomic E-state index is 10.6. The first-order valence-electron chi connectivity index (χ1n) is 2.26. The van der Waals surface area contributed by atoms with E-state index in [0.29, 0.717) is 0 Å². The van der Waals surface area contributed by atoms with E-state index in [-0.39, 0.29) is 0 Å². The van der Waals surface area contributed by atoms with Crippen LogP contribution in [-0.4, -0.2) is 16.7 Å². The Morgan fingerprint density at radius 1 is 1.75 bits per heavy atom. The predicted octanol–water partition coefficient (Wildman–Crippen LogP) is 1.59. The van der Waals surface area contributed by atoms with Gasteiger partial charge in [-0.15, -0.1) is 11.8 Å². The fraction of sp³-hybridized carbons (Fsp3) is 0.600. The van der Waals surface area contributed by atoms with E-state index in [2.05, 4.69) is 0 Å². The lowest BCUT2D eigenvalue weighted by molar-refractivity contribution is 0.691. The number of allylic oxidation sites excluding steroid dienone is 1. The van der Waals surface area contributed by atoms with Crippen LogP contribution in [0.2, 0.25) is 0 Å². The van der Waals surface area contributed by atoms with Gasteiger partial charge in [0, 0.05) is 6.26 Å². The van der Waals surface area contributed by atoms with Gasteiger partial charge >= 0.3 is 0 Å². The third-order valence-corrected chi connectivity index (χ3v) is 3.36. The Balaban J connectivity index is 3.92. The number of rotatable bonds is 2. The maximum Gasteiger partial charge on any atom is 0.0667 e. The third kappa shape index (κ3) is 2.52. The highest BCUT2D eigenvalue weighted by atomic mass is 32.2. The Hall–Kier alpha value is 0.240. The van der Waals surface area contributed by atoms with E-state index in [1.165, 1.54) is 11.8 Å². The summed E-state index contributed by atoms with van der Waals surface area (Å²) in [6.07, 6.45) is 5.49. The first kappa shape index (κ1) is 8.24. The average molecular weight is 150 g/mol. The molecule has 0 amide bonds. The van der Waals surface area contributed by atoms with Crippen molar-refractivity contribution in [3.63, 3.8) is 0 Å². The van der Waals surface area contributed by atoms with Crippen molar-refractivity contribution in [1.29, 1.82) is 0 Å². The van der Waals surface area contributed by atoms with Gasteiger partial charge in [-0.1, -0.05) is 6.08 Å². The molecule has 0 aliphatic heterocycles. The van der Waals surface area contributed by atoms with Crippen molar-refractivity contribution in [3.8, 4) is 0 Å². The van der Waals surface area contributed by atoms with Crippen LogP contribution in [-0.2, 0) is 10.8 Å². The summed E-state index contributed by atoms with van der Waals surface area (Å²) in [5.74, 6) is 0. The zero-order chi connectivity index (χ0) is 6.57. The molecule has 0 aromatic carbocycles. The molecule has 0 spiro atoms. The maximum absolute atomic E-state index is 10.6. The largest absolute Gasteiger partial charge is 0.254 e. The molecule has 1 unspecified atom stereocenters. The molecule has 0 bridgehead atoms. The normalized spacial score (nSPS) is 16.1. The van der Waals surface area contributed by atoms with Gasteiger partial charge in [0.25, 0.3) is 0 Å². The molecule has 0 aliphatic carbocycles. The van der Waals surface area contributed by atoms with E-state index in [4.69, 9.17) is 0 Å². The summed E-state index contributed by atoms with van der Waals surface area (Å²) < 4.78 is 11.6. The van der Waals surface area contributed by atoms with Gasteiger partial charge in [0.15, 0.2) is 0 Å². The molecular weight excluding hydrogens is 140 g/mol. The lowest BCUT2D eigenvalue weighted by Gasteiger charge is -1.93. The van der Waals surface area contributed by atoms with Gasteiger partial charge in [0.2, 0.25) is 0 Å². The van der Waals surface area contributed by atoms with Crippen LogP contribution in [0.1, 0.15) is 6.92 Å². The summed E-state index contributed by atoms with van der Waals surface area (Å²) in [5.41, 5.74) is 0. The molecular formula is C5H10OS2. The highest BCUT2D eigenvalue weighted by Gasteiger charge is 1.94. The standard InChI is InChI=1S/C5H10OS2/c1-4-5(7-2)8(3)6/h4H,1-3H3. The van der Waals surface area contributed by atoms with Crippen LogP contribution < -0.4 is 0 Å². The summed E-state index contributed by atoms with van der Waals surface area (Å²) >= 11 is 1.54. The minimum atomic E-state index is -0.779. The Bertz CT molecular complexity index is 118. The predicted molar refractivity (Wildman–Crippen MR) is 41.3 cm³/mol. The van der Waals surface area contributed by atoms with Gasteiger partial charge in [-0.3, -0.25) is 4.21 Å². The van der Waals surface area contributed by atoms with Gasteiger partial charge in [0.1, 0.15) is 0 Å². The van der Waals surface area contributed by atoms with Crippen molar-refractivity contribution in [2.45, 2.75) is 6.92 Å². The smallest absolute Gasteiger partial charge is 0.0667 e. The van der Waals surface area contributed by atoms with Crippen LogP contribution in [0.4, 0.5) is 0 Å². The molecule has 0 saturated heterocycles. The van der Waals surface area contributed by atoms with Gasteiger partial charge in [0.05, 0.1) is 15.0 Å². The third-order valence-electron chi connectivity index (χ3n) is 0.720. The minimum Gasteiger partial charge on any atom is -0.254 e. The summed E-state index contributed by atoms with van der Waals surface area (Å²) in [7, 11) is -0.779. The molecule has 0 N–H and O–H groups in total. The summed E-state index contributed by atoms with van der Waals surface area (Å²) in [4.78, 5) is 0. The molecule has 0 heterocycles. The summed E-state index contributed by atoms with van der Waals surface area (Å²) in [6, 6.07) is 0. The number of hydrogen-bond acceptors (Lipinski definition) is 2. The second-order valence-electron chi connectivity index (χ2n) is 1.27. The summed E-state index contributed by atoms with van der Waals surface area (Å²) in [5, 5.41) is 0. The molecule has 1 atom stereocenters. The van der Waals surface area contributed by atoms with Crippen LogP contribution in [0.25, 0.3) is 0 Å². The second kappa shape index (κ2) is 4.15. The quantitative estimate of drug-likeness (QED) is 0.594. The zero-order valence-electron chi connectivity index (χ0n) is 5.30. The SMILES string of the molecule is CC=C(SC)S(C)=O. The van der Waals surface area contributed by atoms with Crippen molar-refractivity contribution in [2.75, 3.05) is 12.5 Å². The van der Waals surface area contributed by atoms with E-state index in [1.807, 2.05) is 19.3 Å². The Labute approximate surface area is 57.0 Å². The molecule has 0 aromatic heterocycles. The molecule has 3 heteroatoms. The van der Waals surface area contributed by atoms with Gasteiger partial charge in [-0.05, 0) is 13.2 Å². The molecule has 0 aromatic rings. The lowest BCUT2D eigenvalue weighted by atomic mass is 10.8. The molecule has 48 valence electrons. The van der Waals surface area contributed by atoms with Crippen LogP contribution >= 0.6 is 11.8 Å². The Kier molecular flexibility index (Phi) is 4.28. The number of thioether (sulfide) groups is 1. The van der Waals surface area contributed by atoms with E-state index in [1.54, 1.807) is 6.26 Å². The highest BCUT2D eigenvalue weighted by Crippen LogP contribution is 2.13. The van der Waals surface area contributed by atoms with E-state index in [0.717, 1.165) is 4.24 Å². The van der Waals surface area contributed by atoms with Crippen LogP contribution in [0.15, 0.2) is 10.3 Å². The van der Waals surface area contributed by atoms with Crippen LogP contribution in [0.3, 0.4) is 0 Å². The molecule has 0 aliphatic rings. The average Bonchev–Trinajstić information content (AvgIpc) is 1.69. The Morgan fingerprint density at radius 2 is 2.25 bits per heavy atom. The molecule has 0 radical (unpaired) electrons. The number of hydrogen-bond donors (Lipinski definition) is 0. The van der Waals surface area contributed by atoms with Gasteiger partial charge in [-0.2, -0.15) is 0 Å². The van der Waals surface area contributed by atoms with Crippen molar-refractivity contribution in [2.24, 2.45) is 0 Å². The van der Waals surface area contributed by atoms with E-state index >= 15 is 0 Å². The van der Waals surface area contributed by atoms with E-state index in [9.17, 15) is 4.21 Å². The van der Waals surface area contributed by atoms with Crippen molar-refractivity contribution in [3.05, 3.63) is 10.3 Å². The van der Waals surface area contributed by atoms with Crippen molar-refractivity contribution in [1.82, 2.24) is 0 Å². The summed E-state index contributed by atoms with van der Waals surface area (Å²) in [6.45, 7) is 1.90. The topological polar surface area (TPSA) is 17.1 Å². The molecule has 1 nitrogen and oxygen atoms in total. The second-order valence-corrected chi connectivity index (χ2v) is 3.72. The molecule has 8 heavy (non-hydrogen) atoms. The molecule has 0 rings (SSSR count). The van der Waals surface area contributed by atoms with Crippen molar-refractivity contribution >= 4 is 22.6 Å². The van der Waals surface area contributed by atoms with Gasteiger partial charge < -0.3 is 0 Å². The van der Waals surface area contributed by atoms with Crippen LogP contribution in [0, 0.1) is 0 Å². The highest BCUT2D eigenvalue weighted by molar-refractivity contribution is 8.15. The van der Waals surface area contributed by atoms with E-state index < -0.39 is 10.8 Å². The molecule has 0 fully saturated rings. The first-order valence-corrected chi connectivity index (χ1v) is 5.04. The minimum absolute atomic E-state index is 0.779. The lowest BCUT2D eigenvalue weighted by Crippen LogP contribution is -1.84. The van der Waals surface area contributed by atoms with Crippen molar-refractivity contribution < 1.29 is 4.21 Å². The fourth-order valence-corrected chi connectivity index (χ4v) is 1.91. The first-order chi connectivity index (χ1) is 3.72. The molecule has 0 saturated carbocycles. The fourth-order valence-electron chi connectivity index (χ4n) is 0.401. The van der Waals surface area contributed by atoms with Crippen LogP contribution in [0.5, 0.6) is 0 Å².